The van der Waals surface area contributed by atoms with E-state index in [4.69, 9.17) is 0 Å². The maximum Gasteiger partial charge on any atom is 0.387 e. The van der Waals surface area contributed by atoms with E-state index in [9.17, 15) is 8.78 Å². The molecule has 0 saturated heterocycles. The number of aryl methyl sites for hydroxylation is 1. The number of hydrogen-bond donors (Lipinski definition) is 1. The number of halogens is 2. The lowest BCUT2D eigenvalue weighted by Gasteiger charge is -2.12. The fraction of sp³-hybridized carbons (Fsp3) is 0.417. The minimum Gasteiger partial charge on any atom is -0.433 e. The molecule has 0 saturated carbocycles. The predicted octanol–water partition coefficient (Wildman–Crippen LogP) is 2.30. The highest BCUT2D eigenvalue weighted by Gasteiger charge is 2.10. The molecule has 0 fully saturated rings. The molecule has 0 aliphatic heterocycles. The van der Waals surface area contributed by atoms with Crippen LogP contribution in [0.3, 0.4) is 0 Å². The maximum absolute atomic E-state index is 12.3. The second-order valence-electron chi connectivity index (χ2n) is 4.05. The van der Waals surface area contributed by atoms with Crippen molar-refractivity contribution in [2.45, 2.75) is 33.0 Å². The van der Waals surface area contributed by atoms with Crippen molar-refractivity contribution in [2.75, 3.05) is 5.32 Å². The Labute approximate surface area is 114 Å². The van der Waals surface area contributed by atoms with Crippen LogP contribution in [0, 0.1) is 0 Å². The van der Waals surface area contributed by atoms with E-state index in [1.165, 1.54) is 6.07 Å². The third kappa shape index (κ3) is 3.62. The summed E-state index contributed by atoms with van der Waals surface area (Å²) in [6.07, 6.45) is 0.906. The molecule has 20 heavy (non-hydrogen) atoms. The van der Waals surface area contributed by atoms with E-state index >= 15 is 0 Å². The van der Waals surface area contributed by atoms with E-state index in [1.807, 2.05) is 6.92 Å². The van der Waals surface area contributed by atoms with Gasteiger partial charge in [0.2, 0.25) is 0 Å². The average molecular weight is 283 g/mol. The second kappa shape index (κ2) is 6.78. The number of benzene rings is 1. The van der Waals surface area contributed by atoms with Gasteiger partial charge in [-0.1, -0.05) is 19.1 Å². The second-order valence-corrected chi connectivity index (χ2v) is 4.05. The number of anilines is 1. The summed E-state index contributed by atoms with van der Waals surface area (Å²) in [5, 5.41) is 14.3. The number of tetrazole rings is 1. The molecule has 1 aromatic carbocycles. The first-order valence-corrected chi connectivity index (χ1v) is 6.23. The van der Waals surface area contributed by atoms with Crippen LogP contribution in [0.2, 0.25) is 0 Å². The van der Waals surface area contributed by atoms with Crippen LogP contribution in [0.15, 0.2) is 24.3 Å². The van der Waals surface area contributed by atoms with Crippen molar-refractivity contribution in [3.8, 4) is 5.75 Å². The molecule has 2 aromatic rings. The zero-order chi connectivity index (χ0) is 14.4. The van der Waals surface area contributed by atoms with Crippen LogP contribution < -0.4 is 10.1 Å². The highest BCUT2D eigenvalue weighted by Crippen LogP contribution is 2.25. The summed E-state index contributed by atoms with van der Waals surface area (Å²) >= 11 is 0. The lowest BCUT2D eigenvalue weighted by molar-refractivity contribution is -0.0493. The van der Waals surface area contributed by atoms with Crippen molar-refractivity contribution in [2.24, 2.45) is 0 Å². The first kappa shape index (κ1) is 14.2. The molecule has 1 N–H and O–H groups in total. The molecule has 1 aromatic heterocycles. The number of para-hydroxylation sites is 2. The van der Waals surface area contributed by atoms with Crippen LogP contribution >= 0.6 is 0 Å². The Morgan fingerprint density at radius 3 is 2.90 bits per heavy atom. The number of rotatable bonds is 7. The van der Waals surface area contributed by atoms with E-state index in [1.54, 1.807) is 22.9 Å². The van der Waals surface area contributed by atoms with Crippen LogP contribution in [0.5, 0.6) is 5.75 Å². The van der Waals surface area contributed by atoms with E-state index < -0.39 is 6.61 Å². The summed E-state index contributed by atoms with van der Waals surface area (Å²) in [5.41, 5.74) is 0.471. The van der Waals surface area contributed by atoms with Gasteiger partial charge in [-0.15, -0.1) is 5.10 Å². The Balaban J connectivity index is 2.05. The van der Waals surface area contributed by atoms with Gasteiger partial charge in [0.05, 0.1) is 12.2 Å². The third-order valence-corrected chi connectivity index (χ3v) is 2.58. The van der Waals surface area contributed by atoms with Crippen molar-refractivity contribution in [1.29, 1.82) is 0 Å². The number of hydrogen-bond acceptors (Lipinski definition) is 5. The molecule has 2 rings (SSSR count). The van der Waals surface area contributed by atoms with Gasteiger partial charge in [-0.3, -0.25) is 0 Å². The first-order valence-electron chi connectivity index (χ1n) is 6.23. The topological polar surface area (TPSA) is 64.9 Å². The number of nitrogens with zero attached hydrogens (tertiary/aromatic N) is 4. The lowest BCUT2D eigenvalue weighted by atomic mass is 10.3. The van der Waals surface area contributed by atoms with Gasteiger partial charge >= 0.3 is 6.61 Å². The molecule has 0 amide bonds. The lowest BCUT2D eigenvalue weighted by Crippen LogP contribution is -2.11. The van der Waals surface area contributed by atoms with Gasteiger partial charge in [-0.05, 0) is 29.0 Å². The summed E-state index contributed by atoms with van der Waals surface area (Å²) in [6.45, 7) is 0.198. The predicted molar refractivity (Wildman–Crippen MR) is 68.5 cm³/mol. The number of nitrogens with one attached hydrogen (secondary N) is 1. The molecule has 0 spiro atoms. The average Bonchev–Trinajstić information content (AvgIpc) is 2.85. The summed E-state index contributed by atoms with van der Waals surface area (Å²) in [6, 6.07) is 6.49. The maximum atomic E-state index is 12.3. The molecule has 0 radical (unpaired) electrons. The Morgan fingerprint density at radius 2 is 2.15 bits per heavy atom. The Kier molecular flexibility index (Phi) is 4.80. The van der Waals surface area contributed by atoms with Crippen molar-refractivity contribution < 1.29 is 13.5 Å². The molecule has 0 unspecified atom stereocenters. The van der Waals surface area contributed by atoms with Crippen LogP contribution in [-0.4, -0.2) is 26.8 Å². The molecule has 0 aliphatic carbocycles. The van der Waals surface area contributed by atoms with Crippen LogP contribution in [-0.2, 0) is 13.1 Å². The monoisotopic (exact) mass is 283 g/mol. The van der Waals surface area contributed by atoms with Gasteiger partial charge in [0.15, 0.2) is 5.82 Å². The number of ether oxygens (including phenoxy) is 1. The Bertz CT molecular complexity index is 546. The number of aromatic nitrogens is 4. The molecule has 1 heterocycles. The molecule has 0 bridgehead atoms. The highest BCUT2D eigenvalue weighted by molar-refractivity contribution is 5.56. The summed E-state index contributed by atoms with van der Waals surface area (Å²) < 4.78 is 30.7. The summed E-state index contributed by atoms with van der Waals surface area (Å²) in [7, 11) is 0. The van der Waals surface area contributed by atoms with Crippen LogP contribution in [0.4, 0.5) is 14.5 Å². The fourth-order valence-corrected chi connectivity index (χ4v) is 1.72. The molecule has 108 valence electrons. The van der Waals surface area contributed by atoms with Gasteiger partial charge in [0.1, 0.15) is 5.75 Å². The standard InChI is InChI=1S/C12H15F2N5O/c1-2-7-19-11(16-17-18-19)8-15-9-5-3-4-6-10(9)20-12(13)14/h3-6,12,15H,2,7-8H2,1H3. The molecule has 8 heteroatoms. The minimum atomic E-state index is -2.86. The van der Waals surface area contributed by atoms with E-state index in [0.717, 1.165) is 6.42 Å². The zero-order valence-electron chi connectivity index (χ0n) is 11.0. The normalized spacial score (nSPS) is 10.8. The van der Waals surface area contributed by atoms with Gasteiger partial charge in [-0.25, -0.2) is 4.68 Å². The molecule has 0 aliphatic rings. The zero-order valence-corrected chi connectivity index (χ0v) is 11.0. The Morgan fingerprint density at radius 1 is 1.35 bits per heavy atom. The SMILES string of the molecule is CCCn1nnnc1CNc1ccccc1OC(F)F. The molecule has 6 nitrogen and oxygen atoms in total. The van der Waals surface area contributed by atoms with Crippen molar-refractivity contribution >= 4 is 5.69 Å². The quantitative estimate of drug-likeness (QED) is 0.844. The van der Waals surface area contributed by atoms with Crippen molar-refractivity contribution in [3.05, 3.63) is 30.1 Å². The smallest absolute Gasteiger partial charge is 0.387 e. The Hall–Kier alpha value is -2.25. The summed E-state index contributed by atoms with van der Waals surface area (Å²) in [5.74, 6) is 0.732. The third-order valence-electron chi connectivity index (χ3n) is 2.58. The van der Waals surface area contributed by atoms with E-state index in [2.05, 4.69) is 25.6 Å². The fourth-order valence-electron chi connectivity index (χ4n) is 1.72. The van der Waals surface area contributed by atoms with Crippen molar-refractivity contribution in [1.82, 2.24) is 20.2 Å². The van der Waals surface area contributed by atoms with Gasteiger partial charge in [-0.2, -0.15) is 8.78 Å². The van der Waals surface area contributed by atoms with Gasteiger partial charge in [0, 0.05) is 6.54 Å². The number of alkyl halides is 2. The molecule has 0 atom stereocenters. The highest BCUT2D eigenvalue weighted by atomic mass is 19.3. The van der Waals surface area contributed by atoms with Gasteiger partial charge in [0.25, 0.3) is 0 Å². The van der Waals surface area contributed by atoms with Gasteiger partial charge < -0.3 is 10.1 Å². The molecular formula is C12H15F2N5O. The van der Waals surface area contributed by atoms with Crippen molar-refractivity contribution in [3.63, 3.8) is 0 Å². The first-order chi connectivity index (χ1) is 9.70. The van der Waals surface area contributed by atoms with E-state index in [0.29, 0.717) is 24.6 Å². The van der Waals surface area contributed by atoms with Crippen LogP contribution in [0.25, 0.3) is 0 Å². The van der Waals surface area contributed by atoms with E-state index in [-0.39, 0.29) is 5.75 Å². The van der Waals surface area contributed by atoms with Crippen LogP contribution in [0.1, 0.15) is 19.2 Å². The molecular weight excluding hydrogens is 268 g/mol. The summed E-state index contributed by atoms with van der Waals surface area (Å²) in [4.78, 5) is 0. The minimum absolute atomic E-state index is 0.0945. The largest absolute Gasteiger partial charge is 0.433 e.